The molecule has 1 aromatic rings. The van der Waals surface area contributed by atoms with Crippen molar-refractivity contribution in [2.24, 2.45) is 0 Å². The Kier molecular flexibility index (Phi) is 3.44. The third kappa shape index (κ3) is 2.80. The number of methoxy groups -OCH3 is 1. The van der Waals surface area contributed by atoms with Crippen LogP contribution in [0.25, 0.3) is 0 Å². The molecule has 0 aliphatic rings. The number of nitrogen functional groups attached to an aromatic ring is 1. The van der Waals surface area contributed by atoms with Gasteiger partial charge in [-0.05, 0) is 25.1 Å². The van der Waals surface area contributed by atoms with Gasteiger partial charge < -0.3 is 10.5 Å². The highest BCUT2D eigenvalue weighted by Gasteiger charge is 2.12. The van der Waals surface area contributed by atoms with Crippen molar-refractivity contribution < 1.29 is 14.3 Å². The Bertz CT molecular complexity index is 399. The second kappa shape index (κ2) is 4.59. The lowest BCUT2D eigenvalue weighted by molar-refractivity contribution is -0.116. The number of Topliss-reactive ketones (excluding diaryl/α,β-unsaturated/α-hetero) is 2. The molecule has 0 heterocycles. The normalized spacial score (nSPS) is 9.73. The molecule has 0 bridgehead atoms. The van der Waals surface area contributed by atoms with E-state index in [1.54, 1.807) is 18.2 Å². The number of hydrogen-bond acceptors (Lipinski definition) is 4. The molecule has 0 amide bonds. The van der Waals surface area contributed by atoms with Crippen molar-refractivity contribution in [1.82, 2.24) is 0 Å². The Morgan fingerprint density at radius 1 is 1.40 bits per heavy atom. The summed E-state index contributed by atoms with van der Waals surface area (Å²) < 4.78 is 4.97. The van der Waals surface area contributed by atoms with E-state index in [0.29, 0.717) is 17.0 Å². The molecule has 0 atom stereocenters. The van der Waals surface area contributed by atoms with Crippen molar-refractivity contribution in [3.8, 4) is 5.75 Å². The fourth-order valence-electron chi connectivity index (χ4n) is 1.23. The molecular weight excluding hydrogens is 194 g/mol. The van der Waals surface area contributed by atoms with Gasteiger partial charge in [0.1, 0.15) is 11.5 Å². The van der Waals surface area contributed by atoms with Crippen molar-refractivity contribution in [3.05, 3.63) is 23.8 Å². The van der Waals surface area contributed by atoms with E-state index in [-0.39, 0.29) is 18.0 Å². The van der Waals surface area contributed by atoms with Crippen LogP contribution in [0.3, 0.4) is 0 Å². The van der Waals surface area contributed by atoms with Gasteiger partial charge in [0, 0.05) is 11.3 Å². The molecule has 0 radical (unpaired) electrons. The van der Waals surface area contributed by atoms with Crippen LogP contribution in [0.1, 0.15) is 23.7 Å². The average Bonchev–Trinajstić information content (AvgIpc) is 2.17. The summed E-state index contributed by atoms with van der Waals surface area (Å²) in [6, 6.07) is 4.80. The molecule has 0 saturated heterocycles. The number of carbonyl (C=O) groups excluding carboxylic acids is 2. The summed E-state index contributed by atoms with van der Waals surface area (Å²) in [5.74, 6) is 0.0946. The standard InChI is InChI=1S/C11H13NO3/c1-7(13)5-11(14)9-6-8(15-2)3-4-10(9)12/h3-4,6H,5,12H2,1-2H3. The minimum Gasteiger partial charge on any atom is -0.497 e. The molecular formula is C11H13NO3. The lowest BCUT2D eigenvalue weighted by atomic mass is 10.0. The first-order chi connectivity index (χ1) is 7.04. The molecule has 4 heteroatoms. The zero-order valence-corrected chi connectivity index (χ0v) is 8.74. The van der Waals surface area contributed by atoms with Crippen LogP contribution < -0.4 is 10.5 Å². The van der Waals surface area contributed by atoms with Gasteiger partial charge in [-0.2, -0.15) is 0 Å². The zero-order chi connectivity index (χ0) is 11.4. The molecule has 0 saturated carbocycles. The van der Waals surface area contributed by atoms with Crippen LogP contribution in [0, 0.1) is 0 Å². The minimum absolute atomic E-state index is 0.128. The molecule has 0 aliphatic heterocycles. The number of hydrogen-bond donors (Lipinski definition) is 1. The Hall–Kier alpha value is -1.84. The highest BCUT2D eigenvalue weighted by atomic mass is 16.5. The molecule has 1 rings (SSSR count). The summed E-state index contributed by atoms with van der Waals surface area (Å²) in [4.78, 5) is 22.4. The van der Waals surface area contributed by atoms with Gasteiger partial charge in [-0.25, -0.2) is 0 Å². The lowest BCUT2D eigenvalue weighted by Crippen LogP contribution is -2.08. The fraction of sp³-hybridized carbons (Fsp3) is 0.273. The molecule has 0 aromatic heterocycles. The molecule has 15 heavy (non-hydrogen) atoms. The van der Waals surface area contributed by atoms with Gasteiger partial charge in [-0.15, -0.1) is 0 Å². The van der Waals surface area contributed by atoms with Crippen LogP contribution in [0.2, 0.25) is 0 Å². The topological polar surface area (TPSA) is 69.4 Å². The van der Waals surface area contributed by atoms with Crippen LogP contribution >= 0.6 is 0 Å². The fourth-order valence-corrected chi connectivity index (χ4v) is 1.23. The first-order valence-electron chi connectivity index (χ1n) is 4.50. The maximum Gasteiger partial charge on any atom is 0.172 e. The van der Waals surface area contributed by atoms with Crippen molar-refractivity contribution >= 4 is 17.3 Å². The number of carbonyl (C=O) groups is 2. The highest BCUT2D eigenvalue weighted by Crippen LogP contribution is 2.20. The van der Waals surface area contributed by atoms with Crippen molar-refractivity contribution in [3.63, 3.8) is 0 Å². The predicted octanol–water partition coefficient (Wildman–Crippen LogP) is 1.44. The van der Waals surface area contributed by atoms with Gasteiger partial charge in [0.15, 0.2) is 5.78 Å². The predicted molar refractivity (Wildman–Crippen MR) is 57.0 cm³/mol. The van der Waals surface area contributed by atoms with Crippen molar-refractivity contribution in [2.75, 3.05) is 12.8 Å². The molecule has 0 unspecified atom stereocenters. The van der Waals surface area contributed by atoms with Gasteiger partial charge >= 0.3 is 0 Å². The van der Waals surface area contributed by atoms with Crippen LogP contribution in [-0.4, -0.2) is 18.7 Å². The molecule has 1 aromatic carbocycles. The van der Waals surface area contributed by atoms with E-state index in [9.17, 15) is 9.59 Å². The summed E-state index contributed by atoms with van der Waals surface area (Å²) in [6.07, 6.45) is -0.128. The monoisotopic (exact) mass is 207 g/mol. The van der Waals surface area contributed by atoms with Crippen molar-refractivity contribution in [2.45, 2.75) is 13.3 Å². The quantitative estimate of drug-likeness (QED) is 0.460. The number of nitrogens with two attached hydrogens (primary N) is 1. The number of benzene rings is 1. The third-order valence-electron chi connectivity index (χ3n) is 1.97. The van der Waals surface area contributed by atoms with E-state index in [0.717, 1.165) is 0 Å². The van der Waals surface area contributed by atoms with Crippen LogP contribution in [-0.2, 0) is 4.79 Å². The van der Waals surface area contributed by atoms with Gasteiger partial charge in [0.05, 0.1) is 13.5 Å². The van der Waals surface area contributed by atoms with E-state index in [2.05, 4.69) is 0 Å². The van der Waals surface area contributed by atoms with E-state index < -0.39 is 0 Å². The Morgan fingerprint density at radius 3 is 2.60 bits per heavy atom. The zero-order valence-electron chi connectivity index (χ0n) is 8.74. The summed E-state index contributed by atoms with van der Waals surface area (Å²) in [6.45, 7) is 1.37. The Labute approximate surface area is 88.0 Å². The van der Waals surface area contributed by atoms with E-state index in [4.69, 9.17) is 10.5 Å². The van der Waals surface area contributed by atoms with Crippen LogP contribution in [0.5, 0.6) is 5.75 Å². The van der Waals surface area contributed by atoms with E-state index in [1.807, 2.05) is 0 Å². The maximum atomic E-state index is 11.6. The number of ether oxygens (including phenoxy) is 1. The Balaban J connectivity index is 3.01. The maximum absolute atomic E-state index is 11.6. The highest BCUT2D eigenvalue weighted by molar-refractivity contribution is 6.10. The van der Waals surface area contributed by atoms with Crippen LogP contribution in [0.4, 0.5) is 5.69 Å². The van der Waals surface area contributed by atoms with E-state index in [1.165, 1.54) is 14.0 Å². The van der Waals surface area contributed by atoms with Crippen molar-refractivity contribution in [1.29, 1.82) is 0 Å². The first-order valence-corrected chi connectivity index (χ1v) is 4.50. The summed E-state index contributed by atoms with van der Waals surface area (Å²) in [7, 11) is 1.50. The molecule has 0 aliphatic carbocycles. The smallest absolute Gasteiger partial charge is 0.172 e. The van der Waals surface area contributed by atoms with Gasteiger partial charge in [-0.3, -0.25) is 9.59 Å². The summed E-state index contributed by atoms with van der Waals surface area (Å²) >= 11 is 0. The second-order valence-electron chi connectivity index (χ2n) is 3.26. The molecule has 2 N–H and O–H groups in total. The van der Waals surface area contributed by atoms with Gasteiger partial charge in [0.2, 0.25) is 0 Å². The number of anilines is 1. The summed E-state index contributed by atoms with van der Waals surface area (Å²) in [5.41, 5.74) is 6.33. The molecule has 0 spiro atoms. The molecule has 0 fully saturated rings. The SMILES string of the molecule is COc1ccc(N)c(C(=O)CC(C)=O)c1. The Morgan fingerprint density at radius 2 is 2.07 bits per heavy atom. The first kappa shape index (κ1) is 11.2. The largest absolute Gasteiger partial charge is 0.497 e. The molecule has 80 valence electrons. The van der Waals surface area contributed by atoms with Crippen LogP contribution in [0.15, 0.2) is 18.2 Å². The van der Waals surface area contributed by atoms with Gasteiger partial charge in [0.25, 0.3) is 0 Å². The minimum atomic E-state index is -0.279. The number of rotatable bonds is 4. The van der Waals surface area contributed by atoms with Gasteiger partial charge in [-0.1, -0.05) is 0 Å². The second-order valence-corrected chi connectivity index (χ2v) is 3.26. The summed E-state index contributed by atoms with van der Waals surface area (Å²) in [5, 5.41) is 0. The number of ketones is 2. The van der Waals surface area contributed by atoms with E-state index >= 15 is 0 Å². The molecule has 4 nitrogen and oxygen atoms in total. The average molecular weight is 207 g/mol. The lowest BCUT2D eigenvalue weighted by Gasteiger charge is -2.06. The third-order valence-corrected chi connectivity index (χ3v) is 1.97.